The van der Waals surface area contributed by atoms with Gasteiger partial charge in [0.25, 0.3) is 0 Å². The zero-order valence-electron chi connectivity index (χ0n) is 14.1. The van der Waals surface area contributed by atoms with Gasteiger partial charge in [0.15, 0.2) is 0 Å². The van der Waals surface area contributed by atoms with Crippen LogP contribution in [0.5, 0.6) is 0 Å². The fourth-order valence-electron chi connectivity index (χ4n) is 3.13. The lowest BCUT2D eigenvalue weighted by Crippen LogP contribution is -2.46. The van der Waals surface area contributed by atoms with Gasteiger partial charge in [-0.15, -0.1) is 11.3 Å². The number of rotatable bonds is 4. The number of nitrogens with zero attached hydrogens (tertiary/aromatic N) is 3. The third-order valence-electron chi connectivity index (χ3n) is 4.54. The molecule has 4 rings (SSSR count). The number of oxazole rings is 1. The molecule has 0 amide bonds. The SMILES string of the molecule is Cc1oc(-c2cccs2)nc1CN1CCN(c2cccc(Cl)c2)CC1. The minimum Gasteiger partial charge on any atom is -0.440 e. The molecule has 1 saturated heterocycles. The molecule has 0 saturated carbocycles. The number of hydrogen-bond acceptors (Lipinski definition) is 5. The number of aromatic nitrogens is 1. The number of hydrogen-bond donors (Lipinski definition) is 0. The first-order valence-corrected chi connectivity index (χ1v) is 9.68. The van der Waals surface area contributed by atoms with Crippen molar-refractivity contribution in [2.75, 3.05) is 31.1 Å². The molecule has 0 atom stereocenters. The van der Waals surface area contributed by atoms with Crippen molar-refractivity contribution in [3.63, 3.8) is 0 Å². The average Bonchev–Trinajstić information content (AvgIpc) is 3.26. The molecule has 0 unspecified atom stereocenters. The van der Waals surface area contributed by atoms with Crippen molar-refractivity contribution >= 4 is 28.6 Å². The highest BCUT2D eigenvalue weighted by Gasteiger charge is 2.20. The molecule has 1 fully saturated rings. The predicted molar refractivity (Wildman–Crippen MR) is 103 cm³/mol. The third-order valence-corrected chi connectivity index (χ3v) is 5.64. The van der Waals surface area contributed by atoms with Crippen molar-refractivity contribution < 1.29 is 4.42 Å². The molecule has 0 radical (unpaired) electrons. The van der Waals surface area contributed by atoms with Crippen molar-refractivity contribution in [1.29, 1.82) is 0 Å². The first-order valence-electron chi connectivity index (χ1n) is 8.42. The second-order valence-electron chi connectivity index (χ2n) is 6.24. The van der Waals surface area contributed by atoms with Gasteiger partial charge in [-0.1, -0.05) is 23.7 Å². The second kappa shape index (κ2) is 7.20. The predicted octanol–water partition coefficient (Wildman–Crippen LogP) is 4.69. The van der Waals surface area contributed by atoms with Crippen molar-refractivity contribution in [1.82, 2.24) is 9.88 Å². The lowest BCUT2D eigenvalue weighted by atomic mass is 10.2. The summed E-state index contributed by atoms with van der Waals surface area (Å²) in [4.78, 5) is 10.6. The minimum absolute atomic E-state index is 0.736. The maximum atomic E-state index is 6.11. The van der Waals surface area contributed by atoms with Crippen LogP contribution in [0.3, 0.4) is 0 Å². The van der Waals surface area contributed by atoms with Crippen LogP contribution < -0.4 is 4.90 Å². The molecule has 6 heteroatoms. The van der Waals surface area contributed by atoms with Crippen LogP contribution >= 0.6 is 22.9 Å². The summed E-state index contributed by atoms with van der Waals surface area (Å²) >= 11 is 7.76. The van der Waals surface area contributed by atoms with E-state index in [1.54, 1.807) is 11.3 Å². The highest BCUT2D eigenvalue weighted by molar-refractivity contribution is 7.13. The molecule has 3 aromatic rings. The quantitative estimate of drug-likeness (QED) is 0.664. The zero-order valence-corrected chi connectivity index (χ0v) is 15.7. The summed E-state index contributed by atoms with van der Waals surface area (Å²) in [6.45, 7) is 6.84. The second-order valence-corrected chi connectivity index (χ2v) is 7.63. The number of aryl methyl sites for hydroxylation is 1. The van der Waals surface area contributed by atoms with E-state index in [2.05, 4.69) is 15.9 Å². The molecule has 1 aliphatic heterocycles. The first kappa shape index (κ1) is 16.6. The van der Waals surface area contributed by atoms with Gasteiger partial charge >= 0.3 is 0 Å². The summed E-state index contributed by atoms with van der Waals surface area (Å²) in [5.74, 6) is 1.65. The van der Waals surface area contributed by atoms with Gasteiger partial charge < -0.3 is 9.32 Å². The van der Waals surface area contributed by atoms with Crippen LogP contribution in [0.25, 0.3) is 10.8 Å². The maximum absolute atomic E-state index is 6.11. The van der Waals surface area contributed by atoms with Gasteiger partial charge in [0, 0.05) is 43.4 Å². The standard InChI is InChI=1S/C19H20ClN3OS/c1-14-17(21-19(24-14)18-6-3-11-25-18)13-22-7-9-23(10-8-22)16-5-2-4-15(20)12-16/h2-6,11-12H,7-10,13H2,1H3. The van der Waals surface area contributed by atoms with Crippen LogP contribution in [0.4, 0.5) is 5.69 Å². The van der Waals surface area contributed by atoms with E-state index >= 15 is 0 Å². The van der Waals surface area contributed by atoms with Crippen molar-refractivity contribution in [2.24, 2.45) is 0 Å². The number of thiophene rings is 1. The summed E-state index contributed by atoms with van der Waals surface area (Å²) < 4.78 is 5.85. The van der Waals surface area contributed by atoms with Crippen molar-refractivity contribution in [3.8, 4) is 10.8 Å². The van der Waals surface area contributed by atoms with E-state index in [9.17, 15) is 0 Å². The van der Waals surface area contributed by atoms with Crippen LogP contribution in [-0.4, -0.2) is 36.1 Å². The smallest absolute Gasteiger partial charge is 0.236 e. The van der Waals surface area contributed by atoms with Crippen molar-refractivity contribution in [2.45, 2.75) is 13.5 Å². The number of halogens is 1. The molecule has 0 spiro atoms. The van der Waals surface area contributed by atoms with E-state index in [0.29, 0.717) is 0 Å². The molecule has 1 aromatic carbocycles. The van der Waals surface area contributed by atoms with Gasteiger partial charge in [-0.25, -0.2) is 4.98 Å². The van der Waals surface area contributed by atoms with Crippen LogP contribution in [0.2, 0.25) is 5.02 Å². The summed E-state index contributed by atoms with van der Waals surface area (Å²) in [7, 11) is 0. The number of benzene rings is 1. The van der Waals surface area contributed by atoms with E-state index in [1.165, 1.54) is 5.69 Å². The van der Waals surface area contributed by atoms with Gasteiger partial charge in [0.2, 0.25) is 5.89 Å². The first-order chi connectivity index (χ1) is 12.2. The van der Waals surface area contributed by atoms with Gasteiger partial charge in [-0.05, 0) is 36.6 Å². The Balaban J connectivity index is 1.39. The largest absolute Gasteiger partial charge is 0.440 e. The van der Waals surface area contributed by atoms with E-state index in [4.69, 9.17) is 21.0 Å². The maximum Gasteiger partial charge on any atom is 0.236 e. The fraction of sp³-hybridized carbons (Fsp3) is 0.316. The Morgan fingerprint density at radius 1 is 1.16 bits per heavy atom. The molecule has 4 nitrogen and oxygen atoms in total. The normalized spacial score (nSPS) is 15.7. The number of piperazine rings is 1. The zero-order chi connectivity index (χ0) is 17.2. The van der Waals surface area contributed by atoms with Crippen LogP contribution in [0.15, 0.2) is 46.2 Å². The highest BCUT2D eigenvalue weighted by atomic mass is 35.5. The third kappa shape index (κ3) is 3.73. The van der Waals surface area contributed by atoms with Gasteiger partial charge in [0.05, 0.1) is 10.6 Å². The Hall–Kier alpha value is -1.82. The summed E-state index contributed by atoms with van der Waals surface area (Å²) in [6, 6.07) is 12.1. The van der Waals surface area contributed by atoms with Gasteiger partial charge in [0.1, 0.15) is 5.76 Å². The Labute approximate surface area is 156 Å². The average molecular weight is 374 g/mol. The van der Waals surface area contributed by atoms with Crippen molar-refractivity contribution in [3.05, 3.63) is 58.3 Å². The Morgan fingerprint density at radius 2 is 2.00 bits per heavy atom. The van der Waals surface area contributed by atoms with Gasteiger partial charge in [-0.2, -0.15) is 0 Å². The molecule has 3 heterocycles. The molecule has 130 valence electrons. The van der Waals surface area contributed by atoms with Crippen LogP contribution in [-0.2, 0) is 6.54 Å². The number of anilines is 1. The Kier molecular flexibility index (Phi) is 4.79. The highest BCUT2D eigenvalue weighted by Crippen LogP contribution is 2.27. The minimum atomic E-state index is 0.736. The fourth-order valence-corrected chi connectivity index (χ4v) is 3.96. The van der Waals surface area contributed by atoms with E-state index in [0.717, 1.165) is 60.0 Å². The summed E-state index contributed by atoms with van der Waals surface area (Å²) in [5.41, 5.74) is 2.24. The molecular weight excluding hydrogens is 354 g/mol. The molecule has 0 N–H and O–H groups in total. The van der Waals surface area contributed by atoms with Crippen LogP contribution in [0, 0.1) is 6.92 Å². The monoisotopic (exact) mass is 373 g/mol. The molecule has 0 aliphatic carbocycles. The lowest BCUT2D eigenvalue weighted by Gasteiger charge is -2.35. The summed E-state index contributed by atoms with van der Waals surface area (Å²) in [5, 5.41) is 2.84. The molecule has 0 bridgehead atoms. The lowest BCUT2D eigenvalue weighted by molar-refractivity contribution is 0.246. The van der Waals surface area contributed by atoms with E-state index in [1.807, 2.05) is 42.6 Å². The van der Waals surface area contributed by atoms with Crippen LogP contribution in [0.1, 0.15) is 11.5 Å². The molecule has 1 aliphatic rings. The van der Waals surface area contributed by atoms with E-state index in [-0.39, 0.29) is 0 Å². The van der Waals surface area contributed by atoms with E-state index < -0.39 is 0 Å². The van der Waals surface area contributed by atoms with Gasteiger partial charge in [-0.3, -0.25) is 4.90 Å². The molecule has 2 aromatic heterocycles. The topological polar surface area (TPSA) is 32.5 Å². The summed E-state index contributed by atoms with van der Waals surface area (Å²) in [6.07, 6.45) is 0. The Bertz CT molecular complexity index is 838. The Morgan fingerprint density at radius 3 is 2.72 bits per heavy atom. The molecule has 25 heavy (non-hydrogen) atoms. The molecular formula is C19H20ClN3OS.